The Kier molecular flexibility index (Phi) is 3.13. The van der Waals surface area contributed by atoms with Crippen molar-refractivity contribution in [3.63, 3.8) is 0 Å². The molecule has 102 valence electrons. The molecule has 4 nitrogen and oxygen atoms in total. The van der Waals surface area contributed by atoms with Gasteiger partial charge in [0.25, 0.3) is 0 Å². The van der Waals surface area contributed by atoms with Crippen LogP contribution in [0.1, 0.15) is 5.56 Å². The van der Waals surface area contributed by atoms with Crippen molar-refractivity contribution < 1.29 is 9.13 Å². The first kappa shape index (κ1) is 12.9. The van der Waals surface area contributed by atoms with Crippen LogP contribution in [0, 0.1) is 17.1 Å². The predicted octanol–water partition coefficient (Wildman–Crippen LogP) is 3.62. The molecule has 0 spiro atoms. The van der Waals surface area contributed by atoms with Crippen LogP contribution in [0.15, 0.2) is 48.8 Å². The van der Waals surface area contributed by atoms with E-state index in [9.17, 15) is 4.39 Å². The monoisotopic (exact) mass is 279 g/mol. The number of nitrogen functional groups attached to an aromatic ring is 1. The maximum Gasteiger partial charge on any atom is 0.148 e. The average Bonchev–Trinajstić information content (AvgIpc) is 2.51. The highest BCUT2D eigenvalue weighted by Gasteiger charge is 2.12. The van der Waals surface area contributed by atoms with Gasteiger partial charge < -0.3 is 10.5 Å². The summed E-state index contributed by atoms with van der Waals surface area (Å²) in [6, 6.07) is 11.2. The van der Waals surface area contributed by atoms with Gasteiger partial charge in [0.1, 0.15) is 28.9 Å². The lowest BCUT2D eigenvalue weighted by Crippen LogP contribution is -1.94. The molecule has 2 N–H and O–H groups in total. The number of rotatable bonds is 2. The molecule has 21 heavy (non-hydrogen) atoms. The molecule has 3 rings (SSSR count). The molecule has 0 radical (unpaired) electrons. The molecule has 0 unspecified atom stereocenters. The van der Waals surface area contributed by atoms with Crippen LogP contribution in [-0.4, -0.2) is 4.98 Å². The Hall–Kier alpha value is -3.13. The minimum Gasteiger partial charge on any atom is -0.455 e. The van der Waals surface area contributed by atoms with Crippen LogP contribution in [0.3, 0.4) is 0 Å². The zero-order valence-electron chi connectivity index (χ0n) is 10.9. The van der Waals surface area contributed by atoms with E-state index >= 15 is 0 Å². The number of halogens is 1. The van der Waals surface area contributed by atoms with E-state index in [-0.39, 0.29) is 11.3 Å². The van der Waals surface area contributed by atoms with Crippen LogP contribution in [0.2, 0.25) is 0 Å². The number of hydrogen-bond acceptors (Lipinski definition) is 4. The van der Waals surface area contributed by atoms with Crippen LogP contribution in [0.25, 0.3) is 10.8 Å². The van der Waals surface area contributed by atoms with E-state index in [2.05, 4.69) is 4.98 Å². The largest absolute Gasteiger partial charge is 0.455 e. The summed E-state index contributed by atoms with van der Waals surface area (Å²) < 4.78 is 19.3. The zero-order valence-corrected chi connectivity index (χ0v) is 10.9. The van der Waals surface area contributed by atoms with Crippen molar-refractivity contribution in [3.05, 3.63) is 60.2 Å². The first-order valence-corrected chi connectivity index (χ1v) is 6.19. The molecule has 0 aliphatic rings. The van der Waals surface area contributed by atoms with Gasteiger partial charge in [-0.25, -0.2) is 4.39 Å². The van der Waals surface area contributed by atoms with Gasteiger partial charge in [0.15, 0.2) is 0 Å². The second-order valence-corrected chi connectivity index (χ2v) is 4.40. The van der Waals surface area contributed by atoms with Crippen LogP contribution in [0.5, 0.6) is 11.5 Å². The van der Waals surface area contributed by atoms with Gasteiger partial charge in [-0.15, -0.1) is 0 Å². The number of nitriles is 1. The van der Waals surface area contributed by atoms with Gasteiger partial charge in [-0.1, -0.05) is 6.07 Å². The number of ether oxygens (including phenoxy) is 1. The minimum absolute atomic E-state index is 0.128. The number of aromatic nitrogens is 1. The molecule has 2 aromatic carbocycles. The molecule has 0 aliphatic heterocycles. The molecule has 1 heterocycles. The normalized spacial score (nSPS) is 10.3. The van der Waals surface area contributed by atoms with E-state index in [4.69, 9.17) is 15.7 Å². The maximum atomic E-state index is 13.6. The molecular weight excluding hydrogens is 269 g/mol. The van der Waals surface area contributed by atoms with Crippen molar-refractivity contribution in [2.24, 2.45) is 0 Å². The van der Waals surface area contributed by atoms with E-state index in [0.717, 1.165) is 10.8 Å². The van der Waals surface area contributed by atoms with Crippen LogP contribution < -0.4 is 10.5 Å². The van der Waals surface area contributed by atoms with Gasteiger partial charge in [0.05, 0.1) is 0 Å². The Labute approximate surface area is 120 Å². The molecular formula is C16H10FN3O. The molecule has 5 heteroatoms. The molecule has 3 aromatic rings. The standard InChI is InChI=1S/C16H10FN3O/c17-13-2-1-3-15(11(13)8-18)21-16-5-4-14(19)12-9-20-7-6-10(12)16/h1-7,9H,19H2. The summed E-state index contributed by atoms with van der Waals surface area (Å²) in [5.74, 6) is 0.0421. The van der Waals surface area contributed by atoms with Gasteiger partial charge >= 0.3 is 0 Å². The van der Waals surface area contributed by atoms with Crippen molar-refractivity contribution >= 4 is 16.5 Å². The highest BCUT2D eigenvalue weighted by atomic mass is 19.1. The molecule has 0 amide bonds. The quantitative estimate of drug-likeness (QED) is 0.727. The predicted molar refractivity (Wildman–Crippen MR) is 77.3 cm³/mol. The Balaban J connectivity index is 2.14. The molecule has 0 fully saturated rings. The van der Waals surface area contributed by atoms with E-state index in [1.165, 1.54) is 12.1 Å². The van der Waals surface area contributed by atoms with E-state index in [0.29, 0.717) is 11.4 Å². The summed E-state index contributed by atoms with van der Waals surface area (Å²) in [7, 11) is 0. The summed E-state index contributed by atoms with van der Waals surface area (Å²) in [4.78, 5) is 4.02. The third kappa shape index (κ3) is 2.23. The third-order valence-corrected chi connectivity index (χ3v) is 3.12. The van der Waals surface area contributed by atoms with Crippen LogP contribution in [-0.2, 0) is 0 Å². The van der Waals surface area contributed by atoms with Crippen molar-refractivity contribution in [1.29, 1.82) is 5.26 Å². The summed E-state index contributed by atoms with van der Waals surface area (Å²) in [6.07, 6.45) is 3.25. The first-order chi connectivity index (χ1) is 10.2. The molecule has 0 atom stereocenters. The lowest BCUT2D eigenvalue weighted by Gasteiger charge is -2.11. The molecule has 1 aromatic heterocycles. The topological polar surface area (TPSA) is 71.9 Å². The number of nitrogens with two attached hydrogens (primary N) is 1. The fourth-order valence-corrected chi connectivity index (χ4v) is 2.09. The minimum atomic E-state index is -0.614. The lowest BCUT2D eigenvalue weighted by molar-refractivity contribution is 0.479. The van der Waals surface area contributed by atoms with Gasteiger partial charge in [-0.05, 0) is 30.3 Å². The Morgan fingerprint density at radius 3 is 2.76 bits per heavy atom. The highest BCUT2D eigenvalue weighted by molar-refractivity contribution is 5.96. The Bertz CT molecular complexity index is 871. The Morgan fingerprint density at radius 2 is 1.95 bits per heavy atom. The fraction of sp³-hybridized carbons (Fsp3) is 0. The lowest BCUT2D eigenvalue weighted by atomic mass is 10.1. The molecule has 0 saturated carbocycles. The van der Waals surface area contributed by atoms with Crippen LogP contribution >= 0.6 is 0 Å². The SMILES string of the molecule is N#Cc1c(F)cccc1Oc1ccc(N)c2cnccc12. The second kappa shape index (κ2) is 5.10. The number of anilines is 1. The summed E-state index contributed by atoms with van der Waals surface area (Å²) in [6.45, 7) is 0. The van der Waals surface area contributed by atoms with Gasteiger partial charge in [-0.3, -0.25) is 4.98 Å². The van der Waals surface area contributed by atoms with E-state index in [1.54, 1.807) is 42.7 Å². The molecule has 0 aliphatic carbocycles. The summed E-state index contributed by atoms with van der Waals surface area (Å²) >= 11 is 0. The summed E-state index contributed by atoms with van der Waals surface area (Å²) in [5, 5.41) is 10.5. The molecule has 0 saturated heterocycles. The third-order valence-electron chi connectivity index (χ3n) is 3.12. The van der Waals surface area contributed by atoms with Gasteiger partial charge in [0.2, 0.25) is 0 Å². The fourth-order valence-electron chi connectivity index (χ4n) is 2.09. The maximum absolute atomic E-state index is 13.6. The van der Waals surface area contributed by atoms with Crippen molar-refractivity contribution in [2.75, 3.05) is 5.73 Å². The molecule has 0 bridgehead atoms. The smallest absolute Gasteiger partial charge is 0.148 e. The number of hydrogen-bond donors (Lipinski definition) is 1. The number of benzene rings is 2. The number of nitrogens with zero attached hydrogens (tertiary/aromatic N) is 2. The Morgan fingerprint density at radius 1 is 1.10 bits per heavy atom. The van der Waals surface area contributed by atoms with Crippen molar-refractivity contribution in [1.82, 2.24) is 4.98 Å². The average molecular weight is 279 g/mol. The van der Waals surface area contributed by atoms with Crippen molar-refractivity contribution in [3.8, 4) is 17.6 Å². The van der Waals surface area contributed by atoms with Gasteiger partial charge in [0, 0.05) is 28.9 Å². The summed E-state index contributed by atoms with van der Waals surface area (Å²) in [5.41, 5.74) is 6.34. The van der Waals surface area contributed by atoms with Crippen molar-refractivity contribution in [2.45, 2.75) is 0 Å². The van der Waals surface area contributed by atoms with Gasteiger partial charge in [-0.2, -0.15) is 5.26 Å². The zero-order chi connectivity index (χ0) is 14.8. The number of fused-ring (bicyclic) bond motifs is 1. The van der Waals surface area contributed by atoms with E-state index < -0.39 is 5.82 Å². The number of pyridine rings is 1. The first-order valence-electron chi connectivity index (χ1n) is 6.19. The second-order valence-electron chi connectivity index (χ2n) is 4.40. The highest BCUT2D eigenvalue weighted by Crippen LogP contribution is 2.34. The van der Waals surface area contributed by atoms with Crippen LogP contribution in [0.4, 0.5) is 10.1 Å². The van der Waals surface area contributed by atoms with E-state index in [1.807, 2.05) is 0 Å².